The van der Waals surface area contributed by atoms with E-state index >= 15 is 0 Å². The number of hydrogen-bond donors (Lipinski definition) is 2. The van der Waals surface area contributed by atoms with Gasteiger partial charge in [-0.3, -0.25) is 14.9 Å². The van der Waals surface area contributed by atoms with E-state index in [2.05, 4.69) is 10.6 Å². The highest BCUT2D eigenvalue weighted by molar-refractivity contribution is 5.98. The van der Waals surface area contributed by atoms with Crippen LogP contribution in [0.1, 0.15) is 26.2 Å². The summed E-state index contributed by atoms with van der Waals surface area (Å²) in [7, 11) is 0. The molecule has 1 unspecified atom stereocenters. The summed E-state index contributed by atoms with van der Waals surface area (Å²) >= 11 is 0. The molecule has 0 saturated carbocycles. The predicted octanol–water partition coefficient (Wildman–Crippen LogP) is 2.20. The first-order valence-electron chi connectivity index (χ1n) is 6.43. The smallest absolute Gasteiger partial charge is 0.271 e. The van der Waals surface area contributed by atoms with Crippen LogP contribution in [-0.2, 0) is 4.79 Å². The van der Waals surface area contributed by atoms with Crippen LogP contribution in [0.4, 0.5) is 15.8 Å². The monoisotopic (exact) mass is 281 g/mol. The summed E-state index contributed by atoms with van der Waals surface area (Å²) in [4.78, 5) is 22.3. The van der Waals surface area contributed by atoms with Crippen molar-refractivity contribution in [3.63, 3.8) is 0 Å². The molecule has 1 fully saturated rings. The summed E-state index contributed by atoms with van der Waals surface area (Å²) in [6, 6.07) is 3.06. The number of benzene rings is 1. The van der Waals surface area contributed by atoms with Crippen molar-refractivity contribution in [3.8, 4) is 0 Å². The van der Waals surface area contributed by atoms with Gasteiger partial charge in [-0.1, -0.05) is 0 Å². The van der Waals surface area contributed by atoms with E-state index < -0.39 is 16.3 Å². The molecule has 1 amide bonds. The first-order chi connectivity index (χ1) is 9.42. The average molecular weight is 281 g/mol. The number of rotatable bonds is 3. The van der Waals surface area contributed by atoms with Gasteiger partial charge in [0.15, 0.2) is 0 Å². The number of carbonyl (C=O) groups excluding carboxylic acids is 1. The Morgan fingerprint density at radius 2 is 2.25 bits per heavy atom. The first-order valence-corrected chi connectivity index (χ1v) is 6.43. The van der Waals surface area contributed by atoms with Crippen LogP contribution in [0.25, 0.3) is 0 Å². The Bertz CT molecular complexity index is 542. The van der Waals surface area contributed by atoms with Crippen molar-refractivity contribution in [1.82, 2.24) is 5.32 Å². The molecule has 0 radical (unpaired) electrons. The van der Waals surface area contributed by atoms with Crippen molar-refractivity contribution >= 4 is 17.3 Å². The maximum Gasteiger partial charge on any atom is 0.271 e. The SMILES string of the molecule is CC1(C(=O)Nc2cc([N+](=O)[O-])ccc2F)CCCCN1. The van der Waals surface area contributed by atoms with Gasteiger partial charge in [0.25, 0.3) is 5.69 Å². The second-order valence-electron chi connectivity index (χ2n) is 5.09. The van der Waals surface area contributed by atoms with Gasteiger partial charge in [-0.2, -0.15) is 0 Å². The standard InChI is InChI=1S/C13H16FN3O3/c1-13(6-2-3-7-15-13)12(18)16-11-8-9(17(19)20)4-5-10(11)14/h4-5,8,15H,2-3,6-7H2,1H3,(H,16,18). The topological polar surface area (TPSA) is 84.3 Å². The minimum absolute atomic E-state index is 0.169. The molecule has 1 heterocycles. The molecule has 20 heavy (non-hydrogen) atoms. The van der Waals surface area contributed by atoms with Crippen LogP contribution in [0.5, 0.6) is 0 Å². The average Bonchev–Trinajstić information content (AvgIpc) is 2.41. The fourth-order valence-electron chi connectivity index (χ4n) is 2.23. The normalized spacial score (nSPS) is 22.3. The van der Waals surface area contributed by atoms with Gasteiger partial charge < -0.3 is 10.6 Å². The van der Waals surface area contributed by atoms with E-state index in [9.17, 15) is 19.3 Å². The van der Waals surface area contributed by atoms with Gasteiger partial charge in [-0.05, 0) is 38.8 Å². The molecule has 1 atom stereocenters. The van der Waals surface area contributed by atoms with Crippen molar-refractivity contribution in [2.24, 2.45) is 0 Å². The van der Waals surface area contributed by atoms with Gasteiger partial charge in [0, 0.05) is 12.1 Å². The molecule has 0 aromatic heterocycles. The molecule has 6 nitrogen and oxygen atoms in total. The van der Waals surface area contributed by atoms with Gasteiger partial charge in [0.2, 0.25) is 5.91 Å². The van der Waals surface area contributed by atoms with Crippen LogP contribution in [-0.4, -0.2) is 22.9 Å². The van der Waals surface area contributed by atoms with Crippen molar-refractivity contribution in [2.45, 2.75) is 31.7 Å². The van der Waals surface area contributed by atoms with E-state index in [1.54, 1.807) is 6.92 Å². The Labute approximate surface area is 115 Å². The zero-order chi connectivity index (χ0) is 14.8. The van der Waals surface area contributed by atoms with Crippen molar-refractivity contribution in [2.75, 3.05) is 11.9 Å². The van der Waals surface area contributed by atoms with Gasteiger partial charge in [0.1, 0.15) is 5.82 Å². The Kier molecular flexibility index (Phi) is 3.99. The van der Waals surface area contributed by atoms with Crippen LogP contribution in [0.2, 0.25) is 0 Å². The lowest BCUT2D eigenvalue weighted by Gasteiger charge is -2.33. The highest BCUT2D eigenvalue weighted by Crippen LogP contribution is 2.24. The third-order valence-corrected chi connectivity index (χ3v) is 3.53. The fraction of sp³-hybridized carbons (Fsp3) is 0.462. The summed E-state index contributed by atoms with van der Waals surface area (Å²) in [5.74, 6) is -1.07. The molecule has 0 bridgehead atoms. The number of amides is 1. The molecule has 7 heteroatoms. The molecule has 1 aromatic carbocycles. The Morgan fingerprint density at radius 1 is 1.50 bits per heavy atom. The maximum atomic E-state index is 13.6. The highest BCUT2D eigenvalue weighted by atomic mass is 19.1. The zero-order valence-electron chi connectivity index (χ0n) is 11.1. The maximum absolute atomic E-state index is 13.6. The largest absolute Gasteiger partial charge is 0.322 e. The second-order valence-corrected chi connectivity index (χ2v) is 5.09. The number of hydrogen-bond acceptors (Lipinski definition) is 4. The predicted molar refractivity (Wildman–Crippen MR) is 71.9 cm³/mol. The number of nitrogens with one attached hydrogen (secondary N) is 2. The zero-order valence-corrected chi connectivity index (χ0v) is 11.1. The van der Waals surface area contributed by atoms with Crippen LogP contribution < -0.4 is 10.6 Å². The van der Waals surface area contributed by atoms with Crippen LogP contribution in [0.15, 0.2) is 18.2 Å². The summed E-state index contributed by atoms with van der Waals surface area (Å²) in [5.41, 5.74) is -1.20. The third kappa shape index (κ3) is 2.93. The number of nitrogens with zero attached hydrogens (tertiary/aromatic N) is 1. The molecule has 1 aliphatic rings. The van der Waals surface area contributed by atoms with E-state index in [1.165, 1.54) is 0 Å². The lowest BCUT2D eigenvalue weighted by atomic mass is 9.90. The van der Waals surface area contributed by atoms with E-state index in [-0.39, 0.29) is 17.3 Å². The van der Waals surface area contributed by atoms with Crippen molar-refractivity contribution in [3.05, 3.63) is 34.1 Å². The van der Waals surface area contributed by atoms with Gasteiger partial charge in [0.05, 0.1) is 16.1 Å². The number of non-ortho nitro benzene ring substituents is 1. The van der Waals surface area contributed by atoms with Crippen LogP contribution >= 0.6 is 0 Å². The quantitative estimate of drug-likeness (QED) is 0.657. The van der Waals surface area contributed by atoms with Crippen LogP contribution in [0.3, 0.4) is 0 Å². The number of carbonyl (C=O) groups is 1. The van der Waals surface area contributed by atoms with E-state index in [1.807, 2.05) is 0 Å². The summed E-state index contributed by atoms with van der Waals surface area (Å²) in [5, 5.41) is 16.2. The second kappa shape index (κ2) is 5.54. The summed E-state index contributed by atoms with van der Waals surface area (Å²) in [6.07, 6.45) is 2.55. The molecule has 0 aliphatic carbocycles. The molecule has 1 aromatic rings. The molecule has 108 valence electrons. The summed E-state index contributed by atoms with van der Waals surface area (Å²) < 4.78 is 13.6. The Balaban J connectivity index is 2.18. The fourth-order valence-corrected chi connectivity index (χ4v) is 2.23. The number of piperidine rings is 1. The van der Waals surface area contributed by atoms with E-state index in [4.69, 9.17) is 0 Å². The molecule has 2 rings (SSSR count). The Morgan fingerprint density at radius 3 is 2.85 bits per heavy atom. The molecule has 2 N–H and O–H groups in total. The Hall–Kier alpha value is -2.02. The van der Waals surface area contributed by atoms with Crippen molar-refractivity contribution in [1.29, 1.82) is 0 Å². The highest BCUT2D eigenvalue weighted by Gasteiger charge is 2.34. The third-order valence-electron chi connectivity index (χ3n) is 3.53. The first kappa shape index (κ1) is 14.4. The molecular formula is C13H16FN3O3. The molecule has 0 spiro atoms. The molecule has 1 aliphatic heterocycles. The number of nitro groups is 1. The molecule has 1 saturated heterocycles. The molecular weight excluding hydrogens is 265 g/mol. The van der Waals surface area contributed by atoms with E-state index in [0.717, 1.165) is 37.6 Å². The minimum atomic E-state index is -0.769. The van der Waals surface area contributed by atoms with Gasteiger partial charge in [-0.25, -0.2) is 4.39 Å². The van der Waals surface area contributed by atoms with Crippen molar-refractivity contribution < 1.29 is 14.1 Å². The van der Waals surface area contributed by atoms with Crippen LogP contribution in [0, 0.1) is 15.9 Å². The lowest BCUT2D eigenvalue weighted by Crippen LogP contribution is -2.54. The lowest BCUT2D eigenvalue weighted by molar-refractivity contribution is -0.384. The summed E-state index contributed by atoms with van der Waals surface area (Å²) in [6.45, 7) is 2.47. The number of nitro benzene ring substituents is 1. The van der Waals surface area contributed by atoms with E-state index in [0.29, 0.717) is 6.42 Å². The van der Waals surface area contributed by atoms with Gasteiger partial charge in [-0.15, -0.1) is 0 Å². The van der Waals surface area contributed by atoms with Gasteiger partial charge >= 0.3 is 0 Å². The number of anilines is 1. The number of halogens is 1. The minimum Gasteiger partial charge on any atom is -0.322 e.